The predicted octanol–water partition coefficient (Wildman–Crippen LogP) is 3.14. The van der Waals surface area contributed by atoms with Gasteiger partial charge in [0.2, 0.25) is 0 Å². The molecule has 0 saturated carbocycles. The number of amides is 2. The van der Waals surface area contributed by atoms with Gasteiger partial charge in [-0.1, -0.05) is 12.1 Å². The van der Waals surface area contributed by atoms with Crippen LogP contribution in [-0.2, 0) is 6.42 Å². The van der Waals surface area contributed by atoms with Crippen molar-refractivity contribution >= 4 is 17.4 Å². The molecule has 0 radical (unpaired) electrons. The molecule has 0 spiro atoms. The number of rotatable bonds is 6. The number of nitro groups is 1. The first-order valence-electron chi connectivity index (χ1n) is 8.00. The Balaban J connectivity index is 1.45. The Morgan fingerprint density at radius 2 is 1.85 bits per heavy atom. The Kier molecular flexibility index (Phi) is 5.23. The van der Waals surface area contributed by atoms with Crippen molar-refractivity contribution in [2.24, 2.45) is 0 Å². The van der Waals surface area contributed by atoms with Crippen LogP contribution in [0.1, 0.15) is 5.56 Å². The molecule has 0 saturated heterocycles. The van der Waals surface area contributed by atoms with Gasteiger partial charge in [0, 0.05) is 36.8 Å². The number of carbonyl (C=O) groups excluding carboxylic acids is 1. The van der Waals surface area contributed by atoms with Crippen LogP contribution in [-0.4, -0.2) is 27.3 Å². The zero-order valence-electron chi connectivity index (χ0n) is 13.8. The Morgan fingerprint density at radius 3 is 2.46 bits per heavy atom. The number of carbonyl (C=O) groups is 1. The first kappa shape index (κ1) is 17.2. The van der Waals surface area contributed by atoms with Crippen molar-refractivity contribution in [2.75, 3.05) is 11.9 Å². The smallest absolute Gasteiger partial charge is 0.319 e. The van der Waals surface area contributed by atoms with Gasteiger partial charge < -0.3 is 10.6 Å². The van der Waals surface area contributed by atoms with E-state index in [1.165, 1.54) is 24.3 Å². The minimum Gasteiger partial charge on any atom is -0.338 e. The fourth-order valence-corrected chi connectivity index (χ4v) is 2.40. The molecule has 0 fully saturated rings. The molecule has 0 aliphatic heterocycles. The van der Waals surface area contributed by atoms with E-state index < -0.39 is 4.92 Å². The van der Waals surface area contributed by atoms with Crippen LogP contribution in [0.2, 0.25) is 0 Å². The molecule has 0 aliphatic rings. The minimum atomic E-state index is -0.485. The fourth-order valence-electron chi connectivity index (χ4n) is 2.40. The maximum Gasteiger partial charge on any atom is 0.319 e. The number of hydrogen-bond acceptors (Lipinski definition) is 4. The van der Waals surface area contributed by atoms with E-state index >= 15 is 0 Å². The van der Waals surface area contributed by atoms with E-state index in [9.17, 15) is 14.9 Å². The SMILES string of the molecule is O=C(NCCc1ccc(-n2cccn2)cc1)Nc1ccc([N+](=O)[O-])cc1. The van der Waals surface area contributed by atoms with Crippen LogP contribution in [0.3, 0.4) is 0 Å². The summed E-state index contributed by atoms with van der Waals surface area (Å²) in [5.74, 6) is 0. The molecule has 0 atom stereocenters. The summed E-state index contributed by atoms with van der Waals surface area (Å²) in [5, 5.41) is 20.2. The van der Waals surface area contributed by atoms with Gasteiger partial charge in [-0.25, -0.2) is 9.48 Å². The highest BCUT2D eigenvalue weighted by Crippen LogP contribution is 2.15. The average molecular weight is 351 g/mol. The third-order valence-electron chi connectivity index (χ3n) is 3.74. The molecule has 8 nitrogen and oxygen atoms in total. The quantitative estimate of drug-likeness (QED) is 0.526. The molecule has 26 heavy (non-hydrogen) atoms. The molecule has 3 rings (SSSR count). The topological polar surface area (TPSA) is 102 Å². The van der Waals surface area contributed by atoms with Gasteiger partial charge in [-0.2, -0.15) is 5.10 Å². The summed E-state index contributed by atoms with van der Waals surface area (Å²) in [6.45, 7) is 0.472. The summed E-state index contributed by atoms with van der Waals surface area (Å²) in [4.78, 5) is 22.0. The van der Waals surface area contributed by atoms with E-state index in [1.54, 1.807) is 10.9 Å². The number of aromatic nitrogens is 2. The Morgan fingerprint density at radius 1 is 1.12 bits per heavy atom. The second-order valence-corrected chi connectivity index (χ2v) is 5.55. The summed E-state index contributed by atoms with van der Waals surface area (Å²) in [6.07, 6.45) is 4.29. The number of nitrogens with zero attached hydrogens (tertiary/aromatic N) is 3. The zero-order chi connectivity index (χ0) is 18.4. The van der Waals surface area contributed by atoms with Crippen LogP contribution < -0.4 is 10.6 Å². The van der Waals surface area contributed by atoms with Crippen LogP contribution in [0.4, 0.5) is 16.2 Å². The van der Waals surface area contributed by atoms with Crippen molar-refractivity contribution in [3.8, 4) is 5.69 Å². The number of anilines is 1. The van der Waals surface area contributed by atoms with Crippen molar-refractivity contribution in [1.29, 1.82) is 0 Å². The van der Waals surface area contributed by atoms with E-state index in [4.69, 9.17) is 0 Å². The van der Waals surface area contributed by atoms with Gasteiger partial charge >= 0.3 is 6.03 Å². The highest BCUT2D eigenvalue weighted by atomic mass is 16.6. The van der Waals surface area contributed by atoms with Gasteiger partial charge in [-0.3, -0.25) is 10.1 Å². The predicted molar refractivity (Wildman–Crippen MR) is 97.4 cm³/mol. The monoisotopic (exact) mass is 351 g/mol. The molecule has 3 aromatic rings. The van der Waals surface area contributed by atoms with Crippen LogP contribution >= 0.6 is 0 Å². The molecule has 1 aromatic heterocycles. The normalized spacial score (nSPS) is 10.3. The largest absolute Gasteiger partial charge is 0.338 e. The zero-order valence-corrected chi connectivity index (χ0v) is 13.8. The average Bonchev–Trinajstić information content (AvgIpc) is 3.17. The van der Waals surface area contributed by atoms with E-state index in [-0.39, 0.29) is 11.7 Å². The number of hydrogen-bond donors (Lipinski definition) is 2. The first-order chi connectivity index (χ1) is 12.6. The number of non-ortho nitro benzene ring substituents is 1. The van der Waals surface area contributed by atoms with E-state index in [0.29, 0.717) is 18.7 Å². The summed E-state index contributed by atoms with van der Waals surface area (Å²) < 4.78 is 1.78. The standard InChI is InChI=1S/C18H17N5O3/c24-18(21-15-4-8-17(9-5-15)23(25)26)19-12-10-14-2-6-16(7-3-14)22-13-1-11-20-22/h1-9,11,13H,10,12H2,(H2,19,21,24). The lowest BCUT2D eigenvalue weighted by molar-refractivity contribution is -0.384. The lowest BCUT2D eigenvalue weighted by Gasteiger charge is -2.08. The number of nitro benzene ring substituents is 1. The second-order valence-electron chi connectivity index (χ2n) is 5.55. The highest BCUT2D eigenvalue weighted by Gasteiger charge is 2.06. The molecule has 132 valence electrons. The lowest BCUT2D eigenvalue weighted by Crippen LogP contribution is -2.30. The van der Waals surface area contributed by atoms with Gasteiger partial charge in [0.05, 0.1) is 10.6 Å². The van der Waals surface area contributed by atoms with Gasteiger partial charge in [0.15, 0.2) is 0 Å². The number of benzene rings is 2. The van der Waals surface area contributed by atoms with Crippen molar-refractivity contribution < 1.29 is 9.72 Å². The van der Waals surface area contributed by atoms with E-state index in [0.717, 1.165) is 11.3 Å². The first-order valence-corrected chi connectivity index (χ1v) is 8.00. The Labute approximate surface area is 149 Å². The van der Waals surface area contributed by atoms with Crippen molar-refractivity contribution in [3.63, 3.8) is 0 Å². The molecule has 2 aromatic carbocycles. The third-order valence-corrected chi connectivity index (χ3v) is 3.74. The summed E-state index contributed by atoms with van der Waals surface area (Å²) in [6, 6.07) is 15.1. The summed E-state index contributed by atoms with van der Waals surface area (Å²) in [5.41, 5.74) is 2.55. The number of nitrogens with one attached hydrogen (secondary N) is 2. The Hall–Kier alpha value is -3.68. The second kappa shape index (κ2) is 7.93. The van der Waals surface area contributed by atoms with Gasteiger partial charge in [-0.05, 0) is 42.3 Å². The van der Waals surface area contributed by atoms with E-state index in [1.807, 2.05) is 36.5 Å². The molecule has 2 N–H and O–H groups in total. The minimum absolute atomic E-state index is 0.0190. The van der Waals surface area contributed by atoms with Gasteiger partial charge in [-0.15, -0.1) is 0 Å². The maximum atomic E-state index is 11.9. The van der Waals surface area contributed by atoms with Crippen molar-refractivity contribution in [3.05, 3.63) is 82.7 Å². The van der Waals surface area contributed by atoms with Crippen molar-refractivity contribution in [2.45, 2.75) is 6.42 Å². The van der Waals surface area contributed by atoms with Gasteiger partial charge in [0.1, 0.15) is 0 Å². The fraction of sp³-hybridized carbons (Fsp3) is 0.111. The molecule has 0 bridgehead atoms. The van der Waals surface area contributed by atoms with E-state index in [2.05, 4.69) is 15.7 Å². The van der Waals surface area contributed by atoms with Gasteiger partial charge in [0.25, 0.3) is 5.69 Å². The van der Waals surface area contributed by atoms with Crippen LogP contribution in [0.5, 0.6) is 0 Å². The van der Waals surface area contributed by atoms with Crippen LogP contribution in [0.15, 0.2) is 67.0 Å². The molecular weight excluding hydrogens is 334 g/mol. The maximum absolute atomic E-state index is 11.9. The van der Waals surface area contributed by atoms with Crippen LogP contribution in [0.25, 0.3) is 5.69 Å². The third kappa shape index (κ3) is 4.44. The molecule has 0 unspecified atom stereocenters. The molecule has 1 heterocycles. The summed E-state index contributed by atoms with van der Waals surface area (Å²) in [7, 11) is 0. The Bertz CT molecular complexity index is 874. The molecular formula is C18H17N5O3. The molecule has 8 heteroatoms. The van der Waals surface area contributed by atoms with Crippen molar-refractivity contribution in [1.82, 2.24) is 15.1 Å². The van der Waals surface area contributed by atoms with Crippen LogP contribution in [0, 0.1) is 10.1 Å². The highest BCUT2D eigenvalue weighted by molar-refractivity contribution is 5.89. The molecule has 0 aliphatic carbocycles. The number of urea groups is 1. The summed E-state index contributed by atoms with van der Waals surface area (Å²) >= 11 is 0. The lowest BCUT2D eigenvalue weighted by atomic mass is 10.1. The molecule has 2 amide bonds.